The summed E-state index contributed by atoms with van der Waals surface area (Å²) in [7, 11) is 0. The van der Waals surface area contributed by atoms with Crippen molar-refractivity contribution in [2.24, 2.45) is 11.8 Å². The highest BCUT2D eigenvalue weighted by Gasteiger charge is 2.44. The number of ether oxygens (including phenoxy) is 1. The smallest absolute Gasteiger partial charge is 0.410 e. The van der Waals surface area contributed by atoms with Crippen LogP contribution in [-0.4, -0.2) is 68.6 Å². The van der Waals surface area contributed by atoms with Crippen LogP contribution >= 0.6 is 0 Å². The van der Waals surface area contributed by atoms with E-state index < -0.39 is 5.60 Å². The molecule has 1 aromatic heterocycles. The fourth-order valence-electron chi connectivity index (χ4n) is 3.75. The quantitative estimate of drug-likeness (QED) is 0.586. The first-order valence-corrected chi connectivity index (χ1v) is 9.36. The van der Waals surface area contributed by atoms with Gasteiger partial charge in [-0.3, -0.25) is 4.79 Å². The van der Waals surface area contributed by atoms with Gasteiger partial charge in [0.2, 0.25) is 0 Å². The summed E-state index contributed by atoms with van der Waals surface area (Å²) in [5.74, 6) is 0.371. The van der Waals surface area contributed by atoms with Crippen molar-refractivity contribution in [2.75, 3.05) is 26.2 Å². The molecule has 2 atom stereocenters. The van der Waals surface area contributed by atoms with Gasteiger partial charge in [0.1, 0.15) is 5.60 Å². The number of nitrogens with zero attached hydrogens (tertiary/aromatic N) is 5. The highest BCUT2D eigenvalue weighted by atomic mass is 16.6. The van der Waals surface area contributed by atoms with E-state index in [9.17, 15) is 9.59 Å². The first kappa shape index (κ1) is 19.9. The maximum Gasteiger partial charge on any atom is 0.410 e. The van der Waals surface area contributed by atoms with Crippen molar-refractivity contribution in [3.8, 4) is 0 Å². The Balaban J connectivity index is 1.69. The number of rotatable bonds is 4. The topological polar surface area (TPSA) is 80.6 Å². The zero-order valence-corrected chi connectivity index (χ0v) is 16.7. The van der Waals surface area contributed by atoms with Crippen molar-refractivity contribution in [3.05, 3.63) is 43.3 Å². The molecular formula is C20H27N5O3. The molecule has 2 unspecified atom stereocenters. The van der Waals surface area contributed by atoms with Gasteiger partial charge in [-0.1, -0.05) is 19.2 Å². The predicted molar refractivity (Wildman–Crippen MR) is 105 cm³/mol. The number of fused-ring (bicyclic) bond motifs is 1. The van der Waals surface area contributed by atoms with Crippen LogP contribution in [0.5, 0.6) is 0 Å². The van der Waals surface area contributed by atoms with Gasteiger partial charge in [-0.25, -0.2) is 4.79 Å². The summed E-state index contributed by atoms with van der Waals surface area (Å²) in [5.41, 5.74) is 0.398. The first-order valence-electron chi connectivity index (χ1n) is 9.36. The van der Waals surface area contributed by atoms with Crippen molar-refractivity contribution >= 4 is 17.7 Å². The number of allylic oxidation sites excluding steroid dienone is 2. The average molecular weight is 385 g/mol. The summed E-state index contributed by atoms with van der Waals surface area (Å²) in [6, 6.07) is 0. The lowest BCUT2D eigenvalue weighted by Crippen LogP contribution is -2.39. The summed E-state index contributed by atoms with van der Waals surface area (Å²) >= 11 is 0. The Morgan fingerprint density at radius 1 is 1.00 bits per heavy atom. The minimum absolute atomic E-state index is 0.125. The van der Waals surface area contributed by atoms with Crippen molar-refractivity contribution in [1.29, 1.82) is 0 Å². The van der Waals surface area contributed by atoms with E-state index >= 15 is 0 Å². The molecule has 0 bridgehead atoms. The number of hydrogen-bond donors (Lipinski definition) is 0. The molecule has 0 saturated carbocycles. The van der Waals surface area contributed by atoms with Gasteiger partial charge in [-0.15, -0.1) is 0 Å². The number of carbonyl (C=O) groups is 2. The van der Waals surface area contributed by atoms with Crippen LogP contribution < -0.4 is 0 Å². The van der Waals surface area contributed by atoms with E-state index in [1.165, 1.54) is 10.9 Å². The van der Waals surface area contributed by atoms with Crippen molar-refractivity contribution in [2.45, 2.75) is 26.4 Å². The lowest BCUT2D eigenvalue weighted by atomic mass is 10.0. The molecule has 0 N–H and O–H groups in total. The zero-order valence-electron chi connectivity index (χ0n) is 16.7. The van der Waals surface area contributed by atoms with Crippen LogP contribution in [0, 0.1) is 11.8 Å². The number of hydrogen-bond acceptors (Lipinski definition) is 5. The van der Waals surface area contributed by atoms with Gasteiger partial charge in [0.15, 0.2) is 0 Å². The Kier molecular flexibility index (Phi) is 5.40. The molecule has 2 aliphatic rings. The molecule has 28 heavy (non-hydrogen) atoms. The molecule has 8 nitrogen and oxygen atoms in total. The van der Waals surface area contributed by atoms with Gasteiger partial charge in [0.25, 0.3) is 5.91 Å². The van der Waals surface area contributed by atoms with Gasteiger partial charge in [-0.05, 0) is 26.8 Å². The van der Waals surface area contributed by atoms with E-state index in [4.69, 9.17) is 4.74 Å². The van der Waals surface area contributed by atoms with Crippen LogP contribution in [0.1, 0.15) is 20.8 Å². The normalized spacial score (nSPS) is 22.5. The lowest BCUT2D eigenvalue weighted by Gasteiger charge is -2.26. The summed E-state index contributed by atoms with van der Waals surface area (Å²) in [6.45, 7) is 15.5. The molecule has 1 aromatic rings. The maximum absolute atomic E-state index is 13.1. The molecule has 0 spiro atoms. The third kappa shape index (κ3) is 4.00. The minimum atomic E-state index is -0.512. The van der Waals surface area contributed by atoms with Crippen LogP contribution in [-0.2, 0) is 9.53 Å². The van der Waals surface area contributed by atoms with Crippen molar-refractivity contribution in [3.63, 3.8) is 0 Å². The van der Waals surface area contributed by atoms with E-state index in [2.05, 4.69) is 23.4 Å². The Morgan fingerprint density at radius 2 is 1.54 bits per heavy atom. The second-order valence-corrected chi connectivity index (χ2v) is 8.14. The summed E-state index contributed by atoms with van der Waals surface area (Å²) < 4.78 is 5.46. The van der Waals surface area contributed by atoms with Crippen LogP contribution in [0.25, 0.3) is 5.70 Å². The number of likely N-dealkylation sites (tertiary alicyclic amines) is 2. The SMILES string of the molecule is C=C/C(C(=O)N1CC2CN(C(=O)OC(C)(C)C)CC2C1)=C(\C=C)n1nccn1. The molecule has 3 rings (SSSR count). The van der Waals surface area contributed by atoms with Crippen LogP contribution in [0.15, 0.2) is 43.3 Å². The fourth-order valence-corrected chi connectivity index (χ4v) is 3.75. The molecule has 2 saturated heterocycles. The molecule has 8 heteroatoms. The van der Waals surface area contributed by atoms with Crippen molar-refractivity contribution in [1.82, 2.24) is 24.8 Å². The molecule has 2 amide bonds. The highest BCUT2D eigenvalue weighted by Crippen LogP contribution is 2.33. The van der Waals surface area contributed by atoms with Crippen LogP contribution in [0.4, 0.5) is 4.79 Å². The molecule has 3 heterocycles. The molecule has 0 aliphatic carbocycles. The molecule has 2 aliphatic heterocycles. The monoisotopic (exact) mass is 385 g/mol. The van der Waals surface area contributed by atoms with Gasteiger partial charge in [0.05, 0.1) is 23.7 Å². The lowest BCUT2D eigenvalue weighted by molar-refractivity contribution is -0.126. The average Bonchev–Trinajstić information content (AvgIpc) is 3.32. The maximum atomic E-state index is 13.1. The largest absolute Gasteiger partial charge is 0.444 e. The second-order valence-electron chi connectivity index (χ2n) is 8.14. The molecule has 0 aromatic carbocycles. The minimum Gasteiger partial charge on any atom is -0.444 e. The van der Waals surface area contributed by atoms with E-state index in [0.717, 1.165) is 0 Å². The molecule has 150 valence electrons. The number of aromatic nitrogens is 3. The summed E-state index contributed by atoms with van der Waals surface area (Å²) in [4.78, 5) is 30.3. The Hall–Kier alpha value is -2.90. The standard InChI is InChI=1S/C20H27N5O3/c1-6-16(17(7-2)25-21-8-9-22-25)18(26)23-10-14-12-24(13-15(14)11-23)19(27)28-20(3,4)5/h6-9,14-15H,1-2,10-13H2,3-5H3/b17-16-. The van der Waals surface area contributed by atoms with E-state index in [0.29, 0.717) is 37.4 Å². The van der Waals surface area contributed by atoms with E-state index in [1.807, 2.05) is 25.7 Å². The van der Waals surface area contributed by atoms with Gasteiger partial charge in [-0.2, -0.15) is 15.0 Å². The van der Waals surface area contributed by atoms with Gasteiger partial charge < -0.3 is 14.5 Å². The van der Waals surface area contributed by atoms with Gasteiger partial charge in [0, 0.05) is 38.0 Å². The molecule has 2 fully saturated rings. The van der Waals surface area contributed by atoms with Gasteiger partial charge >= 0.3 is 6.09 Å². The van der Waals surface area contributed by atoms with Crippen LogP contribution in [0.3, 0.4) is 0 Å². The van der Waals surface area contributed by atoms with Crippen molar-refractivity contribution < 1.29 is 14.3 Å². The molecular weight excluding hydrogens is 358 g/mol. The molecule has 0 radical (unpaired) electrons. The predicted octanol–water partition coefficient (Wildman–Crippen LogP) is 2.19. The Labute approximate surface area is 165 Å². The Morgan fingerprint density at radius 3 is 2.00 bits per heavy atom. The van der Waals surface area contributed by atoms with Crippen LogP contribution in [0.2, 0.25) is 0 Å². The fraction of sp³-hybridized carbons (Fsp3) is 0.500. The third-order valence-corrected chi connectivity index (χ3v) is 4.96. The number of carbonyl (C=O) groups excluding carboxylic acids is 2. The van der Waals surface area contributed by atoms with E-state index in [-0.39, 0.29) is 23.8 Å². The first-order chi connectivity index (χ1) is 13.2. The Bertz CT molecular complexity index is 792. The second kappa shape index (κ2) is 7.61. The zero-order chi connectivity index (χ0) is 20.5. The summed E-state index contributed by atoms with van der Waals surface area (Å²) in [5, 5.41) is 8.16. The van der Waals surface area contributed by atoms with E-state index in [1.54, 1.807) is 23.4 Å². The number of amides is 2. The summed E-state index contributed by atoms with van der Waals surface area (Å²) in [6.07, 6.45) is 5.87. The third-order valence-electron chi connectivity index (χ3n) is 4.96. The highest BCUT2D eigenvalue weighted by molar-refractivity contribution is 6.02.